The normalized spacial score (nSPS) is 12.0. The lowest BCUT2D eigenvalue weighted by Gasteiger charge is -2.11. The molecule has 0 aromatic carbocycles. The first-order valence-corrected chi connectivity index (χ1v) is 5.47. The van der Waals surface area contributed by atoms with Crippen LogP contribution in [0.15, 0.2) is 0 Å². The minimum atomic E-state index is -0.487. The molecule has 0 aliphatic rings. The Morgan fingerprint density at radius 2 is 2.00 bits per heavy atom. The van der Waals surface area contributed by atoms with Crippen LogP contribution >= 0.6 is 0 Å². The van der Waals surface area contributed by atoms with Gasteiger partial charge < -0.3 is 14.2 Å². The molecule has 0 unspecified atom stereocenters. The zero-order chi connectivity index (χ0) is 8.53. The Morgan fingerprint density at radius 1 is 1.36 bits per heavy atom. The van der Waals surface area contributed by atoms with Crippen LogP contribution in [-0.2, 0) is 14.2 Å². The second kappa shape index (κ2) is 8.20. The molecule has 3 nitrogen and oxygen atoms in total. The van der Waals surface area contributed by atoms with E-state index in [2.05, 4.69) is 6.92 Å². The van der Waals surface area contributed by atoms with Gasteiger partial charge in [0.25, 0.3) is 0 Å². The number of methoxy groups -OCH3 is 2. The summed E-state index contributed by atoms with van der Waals surface area (Å²) in [6, 6.07) is 0. The first-order valence-electron chi connectivity index (χ1n) is 3.84. The van der Waals surface area contributed by atoms with Gasteiger partial charge in [0.05, 0.1) is 6.23 Å². The summed E-state index contributed by atoms with van der Waals surface area (Å²) >= 11 is 0. The Labute approximate surface area is 70.8 Å². The minimum absolute atomic E-state index is 0.0353. The second-order valence-corrected chi connectivity index (χ2v) is 3.65. The first-order chi connectivity index (χ1) is 5.35. The highest BCUT2D eigenvalue weighted by Crippen LogP contribution is 1.91. The summed E-state index contributed by atoms with van der Waals surface area (Å²) in [7, 11) is 2.81. The lowest BCUT2D eigenvalue weighted by molar-refractivity contribution is -0.0447. The molecule has 0 N–H and O–H groups in total. The number of ether oxygens (including phenoxy) is 3. The van der Waals surface area contributed by atoms with E-state index in [1.165, 1.54) is 0 Å². The molecular formula is C7H17O3Si. The lowest BCUT2D eigenvalue weighted by Crippen LogP contribution is -2.22. The van der Waals surface area contributed by atoms with Crippen molar-refractivity contribution in [1.82, 2.24) is 0 Å². The predicted octanol–water partition coefficient (Wildman–Crippen LogP) is 0.277. The molecule has 0 amide bonds. The van der Waals surface area contributed by atoms with Gasteiger partial charge in [-0.25, -0.2) is 0 Å². The third-order valence-corrected chi connectivity index (χ3v) is 2.73. The predicted molar refractivity (Wildman–Crippen MR) is 46.9 cm³/mol. The van der Waals surface area contributed by atoms with Crippen LogP contribution in [0.3, 0.4) is 0 Å². The lowest BCUT2D eigenvalue weighted by atomic mass is 10.5. The van der Waals surface area contributed by atoms with Gasteiger partial charge in [-0.05, 0) is 6.42 Å². The standard InChI is InChI=1S/C7H17O3Si/c1-4-5-10-6-11-7(8-2)9-3/h6-7H,4-5,11H2,1-3H3. The molecule has 0 bridgehead atoms. The van der Waals surface area contributed by atoms with Gasteiger partial charge in [-0.15, -0.1) is 0 Å². The average Bonchev–Trinajstić information content (AvgIpc) is 2.05. The van der Waals surface area contributed by atoms with E-state index in [4.69, 9.17) is 14.2 Å². The molecule has 0 saturated heterocycles. The Kier molecular flexibility index (Phi) is 8.27. The van der Waals surface area contributed by atoms with E-state index >= 15 is 0 Å². The summed E-state index contributed by atoms with van der Waals surface area (Å²) in [5.74, 6) is -0.0353. The fourth-order valence-corrected chi connectivity index (χ4v) is 1.48. The fourth-order valence-electron chi connectivity index (χ4n) is 0.636. The molecule has 0 heterocycles. The van der Waals surface area contributed by atoms with Gasteiger partial charge in [-0.3, -0.25) is 0 Å². The average molecular weight is 177 g/mol. The third-order valence-electron chi connectivity index (χ3n) is 1.25. The first kappa shape index (κ1) is 11.1. The summed E-state index contributed by atoms with van der Waals surface area (Å²) in [6.45, 7) is 2.88. The van der Waals surface area contributed by atoms with Gasteiger partial charge in [0.2, 0.25) is 0 Å². The summed E-state index contributed by atoms with van der Waals surface area (Å²) < 4.78 is 15.2. The van der Waals surface area contributed by atoms with Crippen molar-refractivity contribution in [2.24, 2.45) is 0 Å². The molecule has 4 heteroatoms. The molecule has 0 rings (SSSR count). The molecule has 0 spiro atoms. The van der Waals surface area contributed by atoms with Crippen LogP contribution in [0.1, 0.15) is 13.3 Å². The summed E-state index contributed by atoms with van der Waals surface area (Å²) in [6.07, 6.45) is 2.91. The van der Waals surface area contributed by atoms with Crippen LogP contribution in [0.2, 0.25) is 0 Å². The van der Waals surface area contributed by atoms with E-state index in [0.717, 1.165) is 13.0 Å². The van der Waals surface area contributed by atoms with Crippen molar-refractivity contribution < 1.29 is 14.2 Å². The van der Waals surface area contributed by atoms with Crippen LogP contribution in [0, 0.1) is 6.23 Å². The topological polar surface area (TPSA) is 27.7 Å². The van der Waals surface area contributed by atoms with Gasteiger partial charge in [0.1, 0.15) is 15.4 Å². The van der Waals surface area contributed by atoms with Crippen molar-refractivity contribution in [3.63, 3.8) is 0 Å². The van der Waals surface area contributed by atoms with Gasteiger partial charge >= 0.3 is 0 Å². The Hall–Kier alpha value is 0.0969. The van der Waals surface area contributed by atoms with Crippen LogP contribution in [0.5, 0.6) is 0 Å². The molecular weight excluding hydrogens is 160 g/mol. The summed E-state index contributed by atoms with van der Waals surface area (Å²) in [5, 5.41) is 0. The van der Waals surface area contributed by atoms with Crippen molar-refractivity contribution in [2.75, 3.05) is 20.8 Å². The largest absolute Gasteiger partial charge is 0.380 e. The quantitative estimate of drug-likeness (QED) is 0.317. The smallest absolute Gasteiger partial charge is 0.137 e. The maximum Gasteiger partial charge on any atom is 0.137 e. The van der Waals surface area contributed by atoms with Crippen molar-refractivity contribution in [3.8, 4) is 0 Å². The Bertz CT molecular complexity index is 76.1. The zero-order valence-corrected chi connectivity index (χ0v) is 8.91. The molecule has 0 aromatic rings. The van der Waals surface area contributed by atoms with Crippen molar-refractivity contribution >= 4 is 9.52 Å². The van der Waals surface area contributed by atoms with E-state index < -0.39 is 9.52 Å². The van der Waals surface area contributed by atoms with Crippen molar-refractivity contribution in [1.29, 1.82) is 0 Å². The van der Waals surface area contributed by atoms with Gasteiger partial charge in [-0.2, -0.15) is 0 Å². The summed E-state index contributed by atoms with van der Waals surface area (Å²) in [5.41, 5.74) is 0. The molecule has 0 fully saturated rings. The summed E-state index contributed by atoms with van der Waals surface area (Å²) in [4.78, 5) is 0. The monoisotopic (exact) mass is 177 g/mol. The number of rotatable bonds is 7. The Morgan fingerprint density at radius 3 is 2.45 bits per heavy atom. The molecule has 11 heavy (non-hydrogen) atoms. The van der Waals surface area contributed by atoms with Gasteiger partial charge in [0.15, 0.2) is 0 Å². The molecule has 1 radical (unpaired) electrons. The van der Waals surface area contributed by atoms with E-state index in [9.17, 15) is 0 Å². The van der Waals surface area contributed by atoms with Crippen LogP contribution in [0.4, 0.5) is 0 Å². The van der Waals surface area contributed by atoms with Crippen LogP contribution < -0.4 is 0 Å². The zero-order valence-electron chi connectivity index (χ0n) is 7.50. The van der Waals surface area contributed by atoms with Gasteiger partial charge in [0, 0.05) is 20.8 Å². The van der Waals surface area contributed by atoms with E-state index in [1.807, 2.05) is 6.23 Å². The molecule has 0 aromatic heterocycles. The highest BCUT2D eigenvalue weighted by molar-refractivity contribution is 6.40. The van der Waals surface area contributed by atoms with Crippen molar-refractivity contribution in [2.45, 2.75) is 19.3 Å². The maximum atomic E-state index is 5.19. The molecule has 0 saturated carbocycles. The fraction of sp³-hybridized carbons (Fsp3) is 0.857. The highest BCUT2D eigenvalue weighted by Gasteiger charge is 2.04. The minimum Gasteiger partial charge on any atom is -0.380 e. The van der Waals surface area contributed by atoms with Crippen LogP contribution in [0.25, 0.3) is 0 Å². The highest BCUT2D eigenvalue weighted by atomic mass is 28.2. The molecule has 0 atom stereocenters. The van der Waals surface area contributed by atoms with E-state index in [1.54, 1.807) is 14.2 Å². The molecule has 67 valence electrons. The number of hydrogen-bond acceptors (Lipinski definition) is 3. The number of hydrogen-bond donors (Lipinski definition) is 0. The van der Waals surface area contributed by atoms with E-state index in [0.29, 0.717) is 0 Å². The van der Waals surface area contributed by atoms with E-state index in [-0.39, 0.29) is 5.91 Å². The Balaban J connectivity index is 3.07. The molecule has 0 aliphatic carbocycles. The maximum absolute atomic E-state index is 5.19. The SMILES string of the molecule is CCCO[CH][SiH2]C(OC)OC. The van der Waals surface area contributed by atoms with Crippen molar-refractivity contribution in [3.05, 3.63) is 6.23 Å². The second-order valence-electron chi connectivity index (χ2n) is 2.17. The third kappa shape index (κ3) is 6.49. The van der Waals surface area contributed by atoms with Gasteiger partial charge in [-0.1, -0.05) is 6.92 Å². The van der Waals surface area contributed by atoms with Crippen LogP contribution in [-0.4, -0.2) is 36.3 Å². The molecule has 0 aliphatic heterocycles.